The van der Waals surface area contributed by atoms with E-state index in [4.69, 9.17) is 0 Å². The van der Waals surface area contributed by atoms with Crippen molar-refractivity contribution in [2.24, 2.45) is 5.41 Å². The van der Waals surface area contributed by atoms with E-state index in [1.165, 1.54) is 6.07 Å². The van der Waals surface area contributed by atoms with Crippen LogP contribution in [0, 0.1) is 11.2 Å². The second-order valence-electron chi connectivity index (χ2n) is 16.4. The minimum Gasteiger partial charge on any atom is -0.368 e. The highest BCUT2D eigenvalue weighted by molar-refractivity contribution is 7.97. The molecule has 4 amide bonds. The average molecular weight is 887 g/mol. The lowest BCUT2D eigenvalue weighted by molar-refractivity contribution is -0.142. The van der Waals surface area contributed by atoms with Gasteiger partial charge in [0, 0.05) is 86.5 Å². The highest BCUT2D eigenvalue weighted by Gasteiger charge is 2.53. The lowest BCUT2D eigenvalue weighted by Gasteiger charge is -2.61. The van der Waals surface area contributed by atoms with E-state index < -0.39 is 65.6 Å². The van der Waals surface area contributed by atoms with Crippen LogP contribution in [0.2, 0.25) is 0 Å². The van der Waals surface area contributed by atoms with Crippen molar-refractivity contribution in [3.63, 3.8) is 0 Å². The number of hydrogen-bond acceptors (Lipinski definition) is 12. The van der Waals surface area contributed by atoms with Crippen molar-refractivity contribution in [3.05, 3.63) is 83.1 Å². The number of aromatic nitrogens is 4. The number of carbonyl (C=O) groups excluding carboxylic acids is 4. The maximum Gasteiger partial charge on any atom is 0.419 e. The molecule has 2 aromatic heterocycles. The zero-order valence-corrected chi connectivity index (χ0v) is 33.4. The molecule has 2 N–H and O–H groups in total. The van der Waals surface area contributed by atoms with E-state index in [0.29, 0.717) is 56.4 Å². The van der Waals surface area contributed by atoms with Crippen molar-refractivity contribution in [3.8, 4) is 11.3 Å². The van der Waals surface area contributed by atoms with Crippen LogP contribution in [-0.2, 0) is 28.9 Å². The lowest BCUT2D eigenvalue weighted by Crippen LogP contribution is -2.72. The Labute approximate surface area is 352 Å². The van der Waals surface area contributed by atoms with E-state index in [9.17, 15) is 45.5 Å². The Kier molecular flexibility index (Phi) is 10.5. The van der Waals surface area contributed by atoms with Gasteiger partial charge in [0.2, 0.25) is 17.8 Å². The minimum absolute atomic E-state index is 0.0104. The minimum atomic E-state index is -4.84. The van der Waals surface area contributed by atoms with Crippen LogP contribution in [0.15, 0.2) is 59.9 Å². The third-order valence-corrected chi connectivity index (χ3v) is 12.8. The number of nitrogens with one attached hydrogen (secondary N) is 2. The van der Waals surface area contributed by atoms with Crippen molar-refractivity contribution in [1.29, 1.82) is 0 Å². The Morgan fingerprint density at radius 2 is 1.63 bits per heavy atom. The molecule has 0 aliphatic carbocycles. The molecule has 5 aliphatic rings. The summed E-state index contributed by atoms with van der Waals surface area (Å²) < 4.78 is 98.1. The summed E-state index contributed by atoms with van der Waals surface area (Å²) in [7, 11) is 0. The monoisotopic (exact) mass is 886 g/mol. The average Bonchev–Trinajstić information content (AvgIpc) is 3.72. The number of alkyl halides is 6. The van der Waals surface area contributed by atoms with Gasteiger partial charge in [-0.05, 0) is 61.0 Å². The number of carbonyl (C=O) groups is 4. The SMILES string of the molecule is O=C1CCC(N2C(=O)c3cc(F)c(N4CC5(CN(Cc6cccc(SN7CCC(Nc8ncc(C(F)(F)F)c(-c9cnn(CC(F)(F)F)c9)n8)CC7)c6)C5)C4)cc3C2=O)C(=O)N1. The van der Waals surface area contributed by atoms with Crippen LogP contribution < -0.4 is 15.5 Å². The number of benzene rings is 2. The molecule has 0 saturated carbocycles. The number of piperidine rings is 2. The number of anilines is 2. The van der Waals surface area contributed by atoms with Gasteiger partial charge in [0.05, 0.1) is 28.7 Å². The Bertz CT molecular complexity index is 2460. The highest BCUT2D eigenvalue weighted by atomic mass is 32.2. The predicted octanol–water partition coefficient (Wildman–Crippen LogP) is 5.37. The smallest absolute Gasteiger partial charge is 0.368 e. The van der Waals surface area contributed by atoms with Crippen molar-refractivity contribution in [2.45, 2.75) is 68.1 Å². The van der Waals surface area contributed by atoms with Crippen molar-refractivity contribution in [1.82, 2.24) is 39.2 Å². The zero-order valence-electron chi connectivity index (χ0n) is 32.6. The van der Waals surface area contributed by atoms with Gasteiger partial charge in [-0.15, -0.1) is 0 Å². The number of amides is 4. The van der Waals surface area contributed by atoms with E-state index in [1.54, 1.807) is 11.9 Å². The Morgan fingerprint density at radius 3 is 2.32 bits per heavy atom. The molecule has 4 saturated heterocycles. The molecule has 326 valence electrons. The fourth-order valence-electron chi connectivity index (χ4n) is 8.89. The molecule has 1 spiro atoms. The van der Waals surface area contributed by atoms with Gasteiger partial charge in [0.25, 0.3) is 11.8 Å². The second kappa shape index (κ2) is 15.6. The summed E-state index contributed by atoms with van der Waals surface area (Å²) in [6.07, 6.45) is -5.77. The summed E-state index contributed by atoms with van der Waals surface area (Å²) in [6.45, 7) is 3.29. The Balaban J connectivity index is 0.752. The maximum absolute atomic E-state index is 15.4. The molecule has 0 radical (unpaired) electrons. The van der Waals surface area contributed by atoms with E-state index in [1.807, 2.05) is 23.1 Å². The molecule has 1 atom stereocenters. The van der Waals surface area contributed by atoms with Crippen LogP contribution in [0.25, 0.3) is 11.3 Å². The van der Waals surface area contributed by atoms with Crippen LogP contribution in [-0.4, -0.2) is 115 Å². The van der Waals surface area contributed by atoms with Crippen molar-refractivity contribution < 1.29 is 49.9 Å². The van der Waals surface area contributed by atoms with E-state index in [2.05, 4.69) is 41.0 Å². The van der Waals surface area contributed by atoms with Gasteiger partial charge < -0.3 is 10.2 Å². The molecule has 4 aromatic rings. The third kappa shape index (κ3) is 8.33. The first-order valence-electron chi connectivity index (χ1n) is 19.7. The second-order valence-corrected chi connectivity index (χ2v) is 17.5. The molecule has 14 nitrogen and oxygen atoms in total. The summed E-state index contributed by atoms with van der Waals surface area (Å²) in [4.78, 5) is 64.3. The number of nitrogens with zero attached hydrogens (tertiary/aromatic N) is 8. The zero-order chi connectivity index (χ0) is 43.7. The molecule has 7 heterocycles. The first-order chi connectivity index (χ1) is 29.4. The highest BCUT2D eigenvalue weighted by Crippen LogP contribution is 2.45. The van der Waals surface area contributed by atoms with Gasteiger partial charge in [-0.1, -0.05) is 12.1 Å². The van der Waals surface area contributed by atoms with Crippen LogP contribution in [0.4, 0.5) is 42.4 Å². The molecule has 1 unspecified atom stereocenters. The normalized spacial score (nSPS) is 21.0. The topological polar surface area (TPSA) is 149 Å². The fourth-order valence-corrected chi connectivity index (χ4v) is 9.92. The van der Waals surface area contributed by atoms with Crippen molar-refractivity contribution >= 4 is 47.2 Å². The first-order valence-corrected chi connectivity index (χ1v) is 20.5. The van der Waals surface area contributed by atoms with Gasteiger partial charge >= 0.3 is 12.4 Å². The number of halogens is 7. The molecule has 5 aliphatic heterocycles. The van der Waals surface area contributed by atoms with E-state index in [-0.39, 0.29) is 52.6 Å². The molecule has 0 bridgehead atoms. The number of rotatable bonds is 10. The van der Waals surface area contributed by atoms with Crippen LogP contribution >= 0.6 is 11.9 Å². The van der Waals surface area contributed by atoms with Gasteiger partial charge in [-0.25, -0.2) is 18.7 Å². The number of fused-ring (bicyclic) bond motifs is 1. The molecule has 4 fully saturated rings. The van der Waals surface area contributed by atoms with Gasteiger partial charge in [-0.3, -0.25) is 39.0 Å². The maximum atomic E-state index is 15.4. The van der Waals surface area contributed by atoms with E-state index in [0.717, 1.165) is 46.9 Å². The molecule has 9 rings (SSSR count). The standard InChI is InChI=1S/C40H37F7N10O4S/c41-29-11-26-27(36(61)57(35(26)60)30-4-5-32(58)51-34(30)59)12-31(29)54-19-38(20-54)17-53(18-38)15-22-2-1-3-25(10-22)62-56-8-6-24(7-9-56)50-37-48-14-28(40(45,46)47)33(52-37)23-13-49-55(16-23)21-39(42,43)44/h1-3,10-14,16,24,30H,4-9,15,17-21H2,(H,48,50,52)(H,51,58,59). The van der Waals surface area contributed by atoms with Gasteiger partial charge in [-0.2, -0.15) is 31.4 Å². The lowest BCUT2D eigenvalue weighted by atomic mass is 9.72. The summed E-state index contributed by atoms with van der Waals surface area (Å²) in [5, 5.41) is 8.81. The summed E-state index contributed by atoms with van der Waals surface area (Å²) in [5.74, 6) is -3.35. The molecule has 62 heavy (non-hydrogen) atoms. The summed E-state index contributed by atoms with van der Waals surface area (Å²) in [5.41, 5.74) is -0.727. The van der Waals surface area contributed by atoms with E-state index >= 15 is 4.39 Å². The fraction of sp³-hybridized carbons (Fsp3) is 0.425. The van der Waals surface area contributed by atoms with Crippen molar-refractivity contribution in [2.75, 3.05) is 49.5 Å². The number of hydrogen-bond donors (Lipinski definition) is 2. The third-order valence-electron chi connectivity index (χ3n) is 11.7. The van der Waals surface area contributed by atoms with Gasteiger partial charge in [0.15, 0.2) is 0 Å². The summed E-state index contributed by atoms with van der Waals surface area (Å²) in [6, 6.07) is 9.34. The Morgan fingerprint density at radius 1 is 0.903 bits per heavy atom. The largest absolute Gasteiger partial charge is 0.419 e. The molecular formula is C40H37F7N10O4S. The molecular weight excluding hydrogens is 850 g/mol. The first kappa shape index (κ1) is 41.7. The number of likely N-dealkylation sites (tertiary alicyclic amines) is 1. The van der Waals surface area contributed by atoms with Crippen LogP contribution in [0.3, 0.4) is 0 Å². The Hall–Kier alpha value is -5.61. The van der Waals surface area contributed by atoms with Gasteiger partial charge in [0.1, 0.15) is 24.0 Å². The molecule has 2 aromatic carbocycles. The number of imide groups is 2. The molecule has 22 heteroatoms. The summed E-state index contributed by atoms with van der Waals surface area (Å²) >= 11 is 1.60. The quantitative estimate of drug-likeness (QED) is 0.120. The van der Waals surface area contributed by atoms with Crippen LogP contribution in [0.5, 0.6) is 0 Å². The predicted molar refractivity (Wildman–Crippen MR) is 208 cm³/mol. The van der Waals surface area contributed by atoms with Crippen LogP contribution in [0.1, 0.15) is 57.5 Å².